The fourth-order valence-corrected chi connectivity index (χ4v) is 3.25. The molecule has 31 heavy (non-hydrogen) atoms. The third-order valence-electron chi connectivity index (χ3n) is 4.24. The van der Waals surface area contributed by atoms with Crippen molar-refractivity contribution < 1.29 is 35.5 Å². The van der Waals surface area contributed by atoms with Crippen LogP contribution in [0, 0.1) is 11.6 Å². The van der Waals surface area contributed by atoms with Crippen LogP contribution in [-0.4, -0.2) is 40.4 Å². The molecule has 2 heterocycles. The first-order valence-corrected chi connectivity index (χ1v) is 10.1. The highest BCUT2D eigenvalue weighted by Gasteiger charge is 2.45. The maximum absolute atomic E-state index is 14.5. The highest BCUT2D eigenvalue weighted by Crippen LogP contribution is 2.33. The summed E-state index contributed by atoms with van der Waals surface area (Å²) in [6.45, 7) is -1.35. The Bertz CT molecular complexity index is 1160. The number of hydrogen-bond acceptors (Lipinski definition) is 5. The van der Waals surface area contributed by atoms with Crippen molar-refractivity contribution in [2.24, 2.45) is 0 Å². The van der Waals surface area contributed by atoms with Crippen molar-refractivity contribution in [2.75, 3.05) is 6.61 Å². The van der Waals surface area contributed by atoms with E-state index in [1.807, 2.05) is 0 Å². The number of halogens is 5. The van der Waals surface area contributed by atoms with Gasteiger partial charge in [0.2, 0.25) is 0 Å². The largest absolute Gasteiger partial charge is 0.511 e. The number of nitrogens with zero attached hydrogens (tertiary/aromatic N) is 3. The van der Waals surface area contributed by atoms with Gasteiger partial charge in [0.05, 0.1) is 13.2 Å². The van der Waals surface area contributed by atoms with Crippen LogP contribution in [-0.2, 0) is 23.1 Å². The molecule has 1 aromatic carbocycles. The van der Waals surface area contributed by atoms with E-state index in [9.17, 15) is 30.4 Å². The minimum Gasteiger partial charge on any atom is -0.394 e. The zero-order valence-electron chi connectivity index (χ0n) is 15.6. The molecule has 0 saturated heterocycles. The molecular weight excluding hydrogens is 447 g/mol. The number of nitrogens with one attached hydrogen (secondary N) is 1. The summed E-state index contributed by atoms with van der Waals surface area (Å²) in [4.78, 5) is 3.88. The number of sulfonamides is 1. The SMILES string of the molecule is O=S(=O)(NCc1c(F)cc(-c2cn(CCO)nc2-c2ccncc2)cc1F)C(F)(F)F. The maximum atomic E-state index is 14.5. The van der Waals surface area contributed by atoms with Gasteiger partial charge >= 0.3 is 15.5 Å². The highest BCUT2D eigenvalue weighted by molar-refractivity contribution is 7.90. The Morgan fingerprint density at radius 3 is 2.23 bits per heavy atom. The van der Waals surface area contributed by atoms with Crippen LogP contribution in [0.1, 0.15) is 5.56 Å². The molecule has 2 aromatic heterocycles. The van der Waals surface area contributed by atoms with Gasteiger partial charge in [-0.1, -0.05) is 0 Å². The van der Waals surface area contributed by atoms with Crippen molar-refractivity contribution in [1.29, 1.82) is 0 Å². The molecule has 0 amide bonds. The highest BCUT2D eigenvalue weighted by atomic mass is 32.2. The fourth-order valence-electron chi connectivity index (χ4n) is 2.75. The van der Waals surface area contributed by atoms with E-state index >= 15 is 0 Å². The Hall–Kier alpha value is -2.90. The lowest BCUT2D eigenvalue weighted by atomic mass is 10.0. The maximum Gasteiger partial charge on any atom is 0.511 e. The van der Waals surface area contributed by atoms with Crippen molar-refractivity contribution in [3.05, 3.63) is 60.1 Å². The number of pyridine rings is 1. The van der Waals surface area contributed by atoms with E-state index in [0.717, 1.165) is 16.9 Å². The van der Waals surface area contributed by atoms with E-state index in [2.05, 4.69) is 10.1 Å². The van der Waals surface area contributed by atoms with Gasteiger partial charge in [-0.2, -0.15) is 18.3 Å². The first-order valence-electron chi connectivity index (χ1n) is 8.66. The van der Waals surface area contributed by atoms with Crippen LogP contribution in [0.25, 0.3) is 22.4 Å². The van der Waals surface area contributed by atoms with Gasteiger partial charge in [0.1, 0.15) is 17.3 Å². The van der Waals surface area contributed by atoms with E-state index in [4.69, 9.17) is 5.11 Å². The van der Waals surface area contributed by atoms with Crippen LogP contribution >= 0.6 is 0 Å². The number of hydrogen-bond donors (Lipinski definition) is 2. The minimum atomic E-state index is -5.76. The van der Waals surface area contributed by atoms with E-state index in [-0.39, 0.29) is 18.7 Å². The van der Waals surface area contributed by atoms with Gasteiger partial charge < -0.3 is 5.11 Å². The molecule has 0 aliphatic rings. The van der Waals surface area contributed by atoms with Gasteiger partial charge in [-0.3, -0.25) is 9.67 Å². The van der Waals surface area contributed by atoms with Crippen LogP contribution < -0.4 is 4.72 Å². The van der Waals surface area contributed by atoms with Crippen LogP contribution in [0.3, 0.4) is 0 Å². The average Bonchev–Trinajstić information content (AvgIpc) is 3.11. The zero-order valence-corrected chi connectivity index (χ0v) is 16.4. The monoisotopic (exact) mass is 462 g/mol. The Balaban J connectivity index is 2.00. The Kier molecular flexibility index (Phi) is 6.38. The number of alkyl halides is 3. The van der Waals surface area contributed by atoms with Gasteiger partial charge in [-0.25, -0.2) is 21.9 Å². The summed E-state index contributed by atoms with van der Waals surface area (Å²) < 4.78 is 91.0. The molecule has 0 radical (unpaired) electrons. The van der Waals surface area contributed by atoms with Crippen molar-refractivity contribution in [2.45, 2.75) is 18.6 Å². The summed E-state index contributed by atoms with van der Waals surface area (Å²) in [5.41, 5.74) is -5.26. The van der Waals surface area contributed by atoms with E-state index in [1.165, 1.54) is 23.3 Å². The number of aliphatic hydroxyl groups is 1. The standard InChI is InChI=1S/C18H15F5N4O3S/c19-15-7-12(8-16(20)13(15)9-25-31(29,30)18(21,22)23)14-10-27(5-6-28)26-17(14)11-1-3-24-4-2-11/h1-4,7-8,10,25,28H,5-6,9H2. The van der Waals surface area contributed by atoms with Crippen LogP contribution in [0.2, 0.25) is 0 Å². The Morgan fingerprint density at radius 1 is 1.06 bits per heavy atom. The summed E-state index contributed by atoms with van der Waals surface area (Å²) in [6.07, 6.45) is 4.43. The Labute approximate surface area is 173 Å². The lowest BCUT2D eigenvalue weighted by molar-refractivity contribution is -0.0448. The second kappa shape index (κ2) is 8.69. The first kappa shape index (κ1) is 22.8. The summed E-state index contributed by atoms with van der Waals surface area (Å²) in [5.74, 6) is -2.48. The molecule has 3 rings (SSSR count). The molecule has 0 unspecified atom stereocenters. The molecular formula is C18H15F5N4O3S. The predicted octanol–water partition coefficient (Wildman–Crippen LogP) is 2.82. The third kappa shape index (κ3) is 4.89. The molecule has 0 saturated carbocycles. The van der Waals surface area contributed by atoms with Crippen molar-refractivity contribution in [3.8, 4) is 22.4 Å². The van der Waals surface area contributed by atoms with Gasteiger partial charge in [0.25, 0.3) is 0 Å². The molecule has 0 aliphatic carbocycles. The number of benzene rings is 1. The molecule has 0 atom stereocenters. The summed E-state index contributed by atoms with van der Waals surface area (Å²) in [6, 6.07) is 4.96. The lowest BCUT2D eigenvalue weighted by Crippen LogP contribution is -2.36. The second-order valence-electron chi connectivity index (χ2n) is 6.30. The molecule has 0 fully saturated rings. The van der Waals surface area contributed by atoms with Gasteiger partial charge in [-0.05, 0) is 29.8 Å². The number of aliphatic hydroxyl groups excluding tert-OH is 1. The van der Waals surface area contributed by atoms with Crippen molar-refractivity contribution >= 4 is 10.0 Å². The Morgan fingerprint density at radius 2 is 1.68 bits per heavy atom. The van der Waals surface area contributed by atoms with Gasteiger partial charge in [0.15, 0.2) is 0 Å². The van der Waals surface area contributed by atoms with Crippen molar-refractivity contribution in [3.63, 3.8) is 0 Å². The average molecular weight is 462 g/mol. The molecule has 0 bridgehead atoms. The lowest BCUT2D eigenvalue weighted by Gasteiger charge is -2.12. The van der Waals surface area contributed by atoms with E-state index in [1.54, 1.807) is 12.1 Å². The zero-order chi connectivity index (χ0) is 22.8. The van der Waals surface area contributed by atoms with Crippen LogP contribution in [0.15, 0.2) is 42.9 Å². The minimum absolute atomic E-state index is 0.0217. The quantitative estimate of drug-likeness (QED) is 0.527. The molecule has 3 aromatic rings. The van der Waals surface area contributed by atoms with Gasteiger partial charge in [0, 0.05) is 41.8 Å². The predicted molar refractivity (Wildman–Crippen MR) is 99.7 cm³/mol. The normalized spacial score (nSPS) is 12.3. The smallest absolute Gasteiger partial charge is 0.394 e. The van der Waals surface area contributed by atoms with Crippen LogP contribution in [0.5, 0.6) is 0 Å². The first-order chi connectivity index (χ1) is 14.5. The second-order valence-corrected chi connectivity index (χ2v) is 8.06. The molecule has 0 aliphatic heterocycles. The topological polar surface area (TPSA) is 97.1 Å². The summed E-state index contributed by atoms with van der Waals surface area (Å²) in [5, 5.41) is 13.4. The molecule has 13 heteroatoms. The van der Waals surface area contributed by atoms with Crippen LogP contribution in [0.4, 0.5) is 22.0 Å². The van der Waals surface area contributed by atoms with E-state index < -0.39 is 39.3 Å². The molecule has 0 spiro atoms. The molecule has 166 valence electrons. The molecule has 2 N–H and O–H groups in total. The van der Waals surface area contributed by atoms with Crippen molar-refractivity contribution in [1.82, 2.24) is 19.5 Å². The summed E-state index contributed by atoms with van der Waals surface area (Å²) >= 11 is 0. The number of rotatable bonds is 7. The summed E-state index contributed by atoms with van der Waals surface area (Å²) in [7, 11) is -5.76. The van der Waals surface area contributed by atoms with Gasteiger partial charge in [-0.15, -0.1) is 0 Å². The van der Waals surface area contributed by atoms with E-state index in [0.29, 0.717) is 16.8 Å². The fraction of sp³-hybridized carbons (Fsp3) is 0.222. The number of aromatic nitrogens is 3. The molecule has 7 nitrogen and oxygen atoms in total. The third-order valence-corrected chi connectivity index (χ3v) is 5.37.